The van der Waals surface area contributed by atoms with Crippen LogP contribution in [0.1, 0.15) is 53.1 Å². The van der Waals surface area contributed by atoms with Gasteiger partial charge in [0.25, 0.3) is 5.91 Å². The van der Waals surface area contributed by atoms with E-state index < -0.39 is 5.91 Å². The molecule has 1 fully saturated rings. The fraction of sp³-hybridized carbons (Fsp3) is 0.476. The van der Waals surface area contributed by atoms with Crippen molar-refractivity contribution in [3.63, 3.8) is 0 Å². The Morgan fingerprint density at radius 3 is 2.59 bits per heavy atom. The topological polar surface area (TPSA) is 93.4 Å². The second kappa shape index (κ2) is 9.76. The largest absolute Gasteiger partial charge is 0.378 e. The first-order valence-electron chi connectivity index (χ1n) is 9.90. The Labute approximate surface area is 170 Å². The van der Waals surface area contributed by atoms with Crippen LogP contribution in [0.15, 0.2) is 24.3 Å². The van der Waals surface area contributed by atoms with E-state index in [1.54, 1.807) is 12.1 Å². The lowest BCUT2D eigenvalue weighted by Crippen LogP contribution is -2.27. The summed E-state index contributed by atoms with van der Waals surface area (Å²) in [5, 5.41) is 3.37. The number of nitrogens with two attached hydrogens (primary N) is 1. The second-order valence-electron chi connectivity index (χ2n) is 7.30. The van der Waals surface area contributed by atoms with E-state index in [0.717, 1.165) is 25.2 Å². The number of carbonyl (C=O) groups is 1. The maximum Gasteiger partial charge on any atom is 0.269 e. The van der Waals surface area contributed by atoms with E-state index in [1.807, 2.05) is 6.92 Å². The summed E-state index contributed by atoms with van der Waals surface area (Å²) in [7, 11) is 1.53. The van der Waals surface area contributed by atoms with Gasteiger partial charge in [0.05, 0.1) is 18.0 Å². The number of primary amides is 1. The molecule has 1 aromatic carbocycles. The fourth-order valence-electron chi connectivity index (χ4n) is 3.60. The number of ether oxygens (including phenoxy) is 1. The molecule has 0 radical (unpaired) electrons. The Bertz CT molecular complexity index is 838. The third-order valence-corrected chi connectivity index (χ3v) is 5.21. The lowest BCUT2D eigenvalue weighted by molar-refractivity contribution is 0.0988. The molecular formula is C21H28FN5O2. The predicted molar refractivity (Wildman–Crippen MR) is 109 cm³/mol. The maximum atomic E-state index is 13.3. The summed E-state index contributed by atoms with van der Waals surface area (Å²) in [6.07, 6.45) is 2.47. The van der Waals surface area contributed by atoms with Crippen molar-refractivity contribution in [2.24, 2.45) is 5.73 Å². The average Bonchev–Trinajstić information content (AvgIpc) is 3.22. The summed E-state index contributed by atoms with van der Waals surface area (Å²) in [5.41, 5.74) is 7.51. The number of nitrogens with zero attached hydrogens (tertiary/aromatic N) is 3. The molecule has 1 aromatic heterocycles. The number of nitrogens with one attached hydrogen (secondary N) is 1. The monoisotopic (exact) mass is 401 g/mol. The molecule has 3 N–H and O–H groups in total. The van der Waals surface area contributed by atoms with Gasteiger partial charge in [0, 0.05) is 26.1 Å². The van der Waals surface area contributed by atoms with Gasteiger partial charge in [-0.05, 0) is 43.6 Å². The standard InChI is InChI=1S/C21H28FN5O2/c1-14(15-5-7-16(22)8-6-15)18-21(24-9-12-27-10-3-4-11-27)25-17(13-29-2)19(26-18)20(23)28/h5-8,14H,3-4,9-13H2,1-2H3,(H2,23,28)(H,24,25). The minimum Gasteiger partial charge on any atom is -0.378 e. The molecule has 29 heavy (non-hydrogen) atoms. The van der Waals surface area contributed by atoms with E-state index in [-0.39, 0.29) is 24.0 Å². The summed E-state index contributed by atoms with van der Waals surface area (Å²) in [6, 6.07) is 6.24. The van der Waals surface area contributed by atoms with Crippen molar-refractivity contribution < 1.29 is 13.9 Å². The van der Waals surface area contributed by atoms with Gasteiger partial charge in [-0.3, -0.25) is 4.79 Å². The minimum atomic E-state index is -0.652. The zero-order chi connectivity index (χ0) is 20.8. The number of hydrogen-bond acceptors (Lipinski definition) is 6. The molecule has 0 bridgehead atoms. The van der Waals surface area contributed by atoms with Crippen LogP contribution in [0.4, 0.5) is 10.2 Å². The van der Waals surface area contributed by atoms with E-state index in [1.165, 1.54) is 32.1 Å². The molecule has 7 nitrogen and oxygen atoms in total. The van der Waals surface area contributed by atoms with E-state index in [2.05, 4.69) is 20.2 Å². The van der Waals surface area contributed by atoms with Crippen LogP contribution >= 0.6 is 0 Å². The van der Waals surface area contributed by atoms with Crippen LogP contribution in [0.2, 0.25) is 0 Å². The first-order chi connectivity index (χ1) is 14.0. The molecule has 1 aliphatic heterocycles. The molecule has 0 aliphatic carbocycles. The van der Waals surface area contributed by atoms with Gasteiger partial charge in [0.15, 0.2) is 5.69 Å². The highest BCUT2D eigenvalue weighted by atomic mass is 19.1. The number of aromatic nitrogens is 2. The molecule has 3 rings (SSSR count). The molecule has 0 saturated carbocycles. The van der Waals surface area contributed by atoms with Gasteiger partial charge < -0.3 is 20.7 Å². The zero-order valence-corrected chi connectivity index (χ0v) is 16.9. The van der Waals surface area contributed by atoms with Gasteiger partial charge in [-0.25, -0.2) is 14.4 Å². The molecule has 1 saturated heterocycles. The Kier molecular flexibility index (Phi) is 7.11. The van der Waals surface area contributed by atoms with E-state index >= 15 is 0 Å². The lowest BCUT2D eigenvalue weighted by Gasteiger charge is -2.20. The van der Waals surface area contributed by atoms with Gasteiger partial charge >= 0.3 is 0 Å². The smallest absolute Gasteiger partial charge is 0.269 e. The van der Waals surface area contributed by atoms with Crippen molar-refractivity contribution in [3.05, 3.63) is 52.7 Å². The molecule has 8 heteroatoms. The Hall–Kier alpha value is -2.58. The highest BCUT2D eigenvalue weighted by Crippen LogP contribution is 2.29. The molecule has 1 atom stereocenters. The number of likely N-dealkylation sites (tertiary alicyclic amines) is 1. The minimum absolute atomic E-state index is 0.0981. The predicted octanol–water partition coefficient (Wildman–Crippen LogP) is 2.52. The van der Waals surface area contributed by atoms with Crippen molar-refractivity contribution in [1.29, 1.82) is 0 Å². The van der Waals surface area contributed by atoms with Crippen molar-refractivity contribution >= 4 is 11.7 Å². The Balaban J connectivity index is 1.91. The SMILES string of the molecule is COCc1nc(NCCN2CCCC2)c(C(C)c2ccc(F)cc2)nc1C(N)=O. The Morgan fingerprint density at radius 1 is 1.28 bits per heavy atom. The third-order valence-electron chi connectivity index (χ3n) is 5.21. The van der Waals surface area contributed by atoms with Crippen LogP contribution in [-0.4, -0.2) is 54.1 Å². The number of benzene rings is 1. The van der Waals surface area contributed by atoms with Crippen LogP contribution in [0.5, 0.6) is 0 Å². The van der Waals surface area contributed by atoms with Gasteiger partial charge in [-0.15, -0.1) is 0 Å². The number of amides is 1. The normalized spacial score (nSPS) is 15.4. The van der Waals surface area contributed by atoms with Crippen LogP contribution in [0.3, 0.4) is 0 Å². The van der Waals surface area contributed by atoms with Gasteiger partial charge in [-0.2, -0.15) is 0 Å². The summed E-state index contributed by atoms with van der Waals surface area (Å²) in [4.78, 5) is 23.5. The number of methoxy groups -OCH3 is 1. The second-order valence-corrected chi connectivity index (χ2v) is 7.30. The Morgan fingerprint density at radius 2 is 1.97 bits per heavy atom. The lowest BCUT2D eigenvalue weighted by atomic mass is 9.97. The van der Waals surface area contributed by atoms with Crippen molar-refractivity contribution in [3.8, 4) is 0 Å². The van der Waals surface area contributed by atoms with Gasteiger partial charge in [-0.1, -0.05) is 19.1 Å². The van der Waals surface area contributed by atoms with Gasteiger partial charge in [0.2, 0.25) is 0 Å². The number of carbonyl (C=O) groups excluding carboxylic acids is 1. The molecule has 1 amide bonds. The van der Waals surface area contributed by atoms with Crippen LogP contribution < -0.4 is 11.1 Å². The van der Waals surface area contributed by atoms with Crippen LogP contribution in [0.25, 0.3) is 0 Å². The number of anilines is 1. The highest BCUT2D eigenvalue weighted by molar-refractivity contribution is 5.92. The van der Waals surface area contributed by atoms with Crippen LogP contribution in [-0.2, 0) is 11.3 Å². The quantitative estimate of drug-likeness (QED) is 0.671. The summed E-state index contributed by atoms with van der Waals surface area (Å²) < 4.78 is 18.5. The van der Waals surface area contributed by atoms with E-state index in [9.17, 15) is 9.18 Å². The summed E-state index contributed by atoms with van der Waals surface area (Å²) in [6.45, 7) is 5.92. The number of halogens is 1. The molecule has 156 valence electrons. The molecule has 1 aliphatic rings. The van der Waals surface area contributed by atoms with Crippen molar-refractivity contribution in [1.82, 2.24) is 14.9 Å². The van der Waals surface area contributed by atoms with Crippen molar-refractivity contribution in [2.75, 3.05) is 38.6 Å². The van der Waals surface area contributed by atoms with Gasteiger partial charge in [0.1, 0.15) is 11.6 Å². The van der Waals surface area contributed by atoms with E-state index in [4.69, 9.17) is 10.5 Å². The molecule has 1 unspecified atom stereocenters. The zero-order valence-electron chi connectivity index (χ0n) is 16.9. The summed E-state index contributed by atoms with van der Waals surface area (Å²) >= 11 is 0. The summed E-state index contributed by atoms with van der Waals surface area (Å²) in [5.74, 6) is -0.560. The average molecular weight is 401 g/mol. The first-order valence-corrected chi connectivity index (χ1v) is 9.90. The number of rotatable bonds is 9. The maximum absolute atomic E-state index is 13.3. The molecule has 2 aromatic rings. The third kappa shape index (κ3) is 5.27. The molecular weight excluding hydrogens is 373 g/mol. The van der Waals surface area contributed by atoms with E-state index in [0.29, 0.717) is 23.8 Å². The molecule has 2 heterocycles. The first kappa shape index (κ1) is 21.1. The number of hydrogen-bond donors (Lipinski definition) is 2. The van der Waals surface area contributed by atoms with Crippen molar-refractivity contribution in [2.45, 2.75) is 32.3 Å². The molecule has 0 spiro atoms. The van der Waals surface area contributed by atoms with Crippen LogP contribution in [0, 0.1) is 5.82 Å². The fourth-order valence-corrected chi connectivity index (χ4v) is 3.60. The highest BCUT2D eigenvalue weighted by Gasteiger charge is 2.22.